The molecule has 0 fully saturated rings. The van der Waals surface area contributed by atoms with E-state index >= 15 is 0 Å². The van der Waals surface area contributed by atoms with Crippen LogP contribution in [0.4, 0.5) is 5.69 Å². The van der Waals surface area contributed by atoms with Gasteiger partial charge in [-0.05, 0) is 48.5 Å². The lowest BCUT2D eigenvalue weighted by Crippen LogP contribution is -2.12. The molecular weight excluding hydrogens is 364 g/mol. The fraction of sp³-hybridized carbons (Fsp3) is 0.118. The molecule has 0 amide bonds. The zero-order chi connectivity index (χ0) is 18.0. The summed E-state index contributed by atoms with van der Waals surface area (Å²) in [4.78, 5) is 10.8. The summed E-state index contributed by atoms with van der Waals surface area (Å²) in [7, 11) is -3.71. The molecule has 6 nitrogen and oxygen atoms in total. The number of nitrogens with zero attached hydrogens (tertiary/aromatic N) is 1. The van der Waals surface area contributed by atoms with Gasteiger partial charge in [0.15, 0.2) is 0 Å². The zero-order valence-electron chi connectivity index (χ0n) is 13.0. The van der Waals surface area contributed by atoms with Crippen molar-refractivity contribution < 1.29 is 18.3 Å². The van der Waals surface area contributed by atoms with Crippen LogP contribution in [-0.2, 0) is 21.4 Å². The molecule has 2 aromatic carbocycles. The summed E-state index contributed by atoms with van der Waals surface area (Å²) in [5.41, 5.74) is 1.27. The van der Waals surface area contributed by atoms with E-state index in [0.717, 1.165) is 10.9 Å². The van der Waals surface area contributed by atoms with E-state index in [1.165, 1.54) is 24.3 Å². The molecular formula is C17H15ClN2O4S. The van der Waals surface area contributed by atoms with Gasteiger partial charge in [-0.2, -0.15) is 0 Å². The number of rotatable bonds is 6. The number of benzene rings is 2. The highest BCUT2D eigenvalue weighted by molar-refractivity contribution is 7.92. The van der Waals surface area contributed by atoms with Gasteiger partial charge in [-0.25, -0.2) is 8.42 Å². The largest absolute Gasteiger partial charge is 0.481 e. The van der Waals surface area contributed by atoms with Gasteiger partial charge in [0.1, 0.15) is 0 Å². The molecule has 0 atom stereocenters. The van der Waals surface area contributed by atoms with Crippen LogP contribution in [0.15, 0.2) is 59.6 Å². The molecule has 3 rings (SSSR count). The molecule has 25 heavy (non-hydrogen) atoms. The highest BCUT2D eigenvalue weighted by atomic mass is 35.5. The molecule has 0 spiro atoms. The number of aromatic nitrogens is 1. The lowest BCUT2D eigenvalue weighted by atomic mass is 10.2. The Morgan fingerprint density at radius 1 is 1.12 bits per heavy atom. The van der Waals surface area contributed by atoms with E-state index < -0.39 is 16.0 Å². The van der Waals surface area contributed by atoms with Gasteiger partial charge in [-0.15, -0.1) is 0 Å². The van der Waals surface area contributed by atoms with Crippen LogP contribution in [0.2, 0.25) is 5.02 Å². The lowest BCUT2D eigenvalue weighted by Gasteiger charge is -2.09. The van der Waals surface area contributed by atoms with Crippen molar-refractivity contribution in [1.82, 2.24) is 4.57 Å². The molecule has 0 saturated heterocycles. The minimum atomic E-state index is -3.71. The number of carboxylic acid groups (broad SMARTS) is 1. The van der Waals surface area contributed by atoms with Gasteiger partial charge in [0.2, 0.25) is 0 Å². The third-order valence-corrected chi connectivity index (χ3v) is 5.36. The Kier molecular flexibility index (Phi) is 4.69. The van der Waals surface area contributed by atoms with E-state index in [4.69, 9.17) is 16.7 Å². The van der Waals surface area contributed by atoms with Crippen molar-refractivity contribution in [1.29, 1.82) is 0 Å². The van der Waals surface area contributed by atoms with Crippen molar-refractivity contribution >= 4 is 44.2 Å². The minimum absolute atomic E-state index is 0.0225. The monoisotopic (exact) mass is 378 g/mol. The summed E-state index contributed by atoms with van der Waals surface area (Å²) in [5.74, 6) is -0.866. The van der Waals surface area contributed by atoms with E-state index in [1.807, 2.05) is 10.6 Å². The first-order valence-corrected chi connectivity index (χ1v) is 9.30. The molecule has 2 N–H and O–H groups in total. The number of carbonyl (C=O) groups is 1. The van der Waals surface area contributed by atoms with E-state index in [-0.39, 0.29) is 11.3 Å². The Labute approximate surface area is 149 Å². The van der Waals surface area contributed by atoms with Crippen molar-refractivity contribution in [2.75, 3.05) is 4.72 Å². The molecule has 1 heterocycles. The van der Waals surface area contributed by atoms with E-state index in [2.05, 4.69) is 4.72 Å². The predicted octanol–water partition coefficient (Wildman–Crippen LogP) is 3.57. The van der Waals surface area contributed by atoms with Crippen LogP contribution in [0.25, 0.3) is 10.9 Å². The summed E-state index contributed by atoms with van der Waals surface area (Å²) in [5, 5.41) is 10.1. The number of carboxylic acids is 1. The number of aliphatic carboxylic acids is 1. The fourth-order valence-corrected chi connectivity index (χ4v) is 3.68. The molecule has 0 radical (unpaired) electrons. The van der Waals surface area contributed by atoms with Gasteiger partial charge >= 0.3 is 5.97 Å². The Morgan fingerprint density at radius 3 is 2.52 bits per heavy atom. The molecule has 0 aliphatic heterocycles. The first kappa shape index (κ1) is 17.3. The Hall–Kier alpha value is -2.51. The maximum atomic E-state index is 12.4. The minimum Gasteiger partial charge on any atom is -0.481 e. The van der Waals surface area contributed by atoms with E-state index in [0.29, 0.717) is 17.3 Å². The van der Waals surface area contributed by atoms with E-state index in [1.54, 1.807) is 24.4 Å². The van der Waals surface area contributed by atoms with Gasteiger partial charge in [0, 0.05) is 34.4 Å². The molecule has 0 unspecified atom stereocenters. The number of hydrogen-bond donors (Lipinski definition) is 2. The number of fused-ring (bicyclic) bond motifs is 1. The number of anilines is 1. The maximum Gasteiger partial charge on any atom is 0.305 e. The predicted molar refractivity (Wildman–Crippen MR) is 96.5 cm³/mol. The van der Waals surface area contributed by atoms with Crippen molar-refractivity contribution in [2.45, 2.75) is 17.9 Å². The summed E-state index contributed by atoms with van der Waals surface area (Å²) in [6.45, 7) is 0.356. The van der Waals surface area contributed by atoms with Crippen LogP contribution in [0.3, 0.4) is 0 Å². The number of hydrogen-bond acceptors (Lipinski definition) is 3. The van der Waals surface area contributed by atoms with Gasteiger partial charge in [0.05, 0.1) is 11.3 Å². The average Bonchev–Trinajstić information content (AvgIpc) is 2.95. The standard InChI is InChI=1S/C17H15ClN2O4S/c18-13-1-4-15(5-2-13)25(23,24)19-14-3-6-16-12(11-14)7-9-20(16)10-8-17(21)22/h1-7,9,11,19H,8,10H2,(H,21,22). The second-order valence-electron chi connectivity index (χ2n) is 5.49. The highest BCUT2D eigenvalue weighted by Crippen LogP contribution is 2.23. The first-order chi connectivity index (χ1) is 11.8. The van der Waals surface area contributed by atoms with Crippen molar-refractivity contribution in [2.24, 2.45) is 0 Å². The van der Waals surface area contributed by atoms with Gasteiger partial charge in [-0.1, -0.05) is 11.6 Å². The highest BCUT2D eigenvalue weighted by Gasteiger charge is 2.14. The van der Waals surface area contributed by atoms with Crippen molar-refractivity contribution in [3.63, 3.8) is 0 Å². The average molecular weight is 379 g/mol. The van der Waals surface area contributed by atoms with E-state index in [9.17, 15) is 13.2 Å². The number of nitrogens with one attached hydrogen (secondary N) is 1. The van der Waals surface area contributed by atoms with Gasteiger partial charge in [0.25, 0.3) is 10.0 Å². The summed E-state index contributed by atoms with van der Waals surface area (Å²) >= 11 is 5.78. The molecule has 0 aliphatic carbocycles. The smallest absolute Gasteiger partial charge is 0.305 e. The van der Waals surface area contributed by atoms with Crippen LogP contribution in [0, 0.1) is 0 Å². The Balaban J connectivity index is 1.84. The topological polar surface area (TPSA) is 88.4 Å². The summed E-state index contributed by atoms with van der Waals surface area (Å²) in [6, 6.07) is 12.8. The number of halogens is 1. The Bertz CT molecular complexity index is 1030. The molecule has 3 aromatic rings. The maximum absolute atomic E-state index is 12.4. The second kappa shape index (κ2) is 6.78. The SMILES string of the molecule is O=C(O)CCn1ccc2cc(NS(=O)(=O)c3ccc(Cl)cc3)ccc21. The van der Waals surface area contributed by atoms with Crippen molar-refractivity contribution in [3.8, 4) is 0 Å². The molecule has 0 saturated carbocycles. The third kappa shape index (κ3) is 3.94. The summed E-state index contributed by atoms with van der Waals surface area (Å²) < 4.78 is 29.2. The fourth-order valence-electron chi connectivity index (χ4n) is 2.50. The van der Waals surface area contributed by atoms with Crippen LogP contribution in [-0.4, -0.2) is 24.1 Å². The Morgan fingerprint density at radius 2 is 1.84 bits per heavy atom. The molecule has 8 heteroatoms. The normalized spacial score (nSPS) is 11.6. The molecule has 0 bridgehead atoms. The number of aryl methyl sites for hydroxylation is 1. The van der Waals surface area contributed by atoms with Crippen LogP contribution in [0.5, 0.6) is 0 Å². The van der Waals surface area contributed by atoms with Crippen LogP contribution in [0.1, 0.15) is 6.42 Å². The summed E-state index contributed by atoms with van der Waals surface area (Å²) in [6.07, 6.45) is 1.81. The first-order valence-electron chi connectivity index (χ1n) is 7.44. The van der Waals surface area contributed by atoms with Gasteiger partial charge < -0.3 is 9.67 Å². The van der Waals surface area contributed by atoms with Crippen LogP contribution >= 0.6 is 11.6 Å². The quantitative estimate of drug-likeness (QED) is 0.686. The molecule has 130 valence electrons. The third-order valence-electron chi connectivity index (χ3n) is 3.71. The van der Waals surface area contributed by atoms with Crippen molar-refractivity contribution in [3.05, 3.63) is 59.8 Å². The molecule has 0 aliphatic rings. The lowest BCUT2D eigenvalue weighted by molar-refractivity contribution is -0.137. The number of sulfonamides is 1. The van der Waals surface area contributed by atoms with Gasteiger partial charge in [-0.3, -0.25) is 9.52 Å². The van der Waals surface area contributed by atoms with Crippen LogP contribution < -0.4 is 4.72 Å². The molecule has 1 aromatic heterocycles. The zero-order valence-corrected chi connectivity index (χ0v) is 14.6. The second-order valence-corrected chi connectivity index (χ2v) is 7.60.